The predicted octanol–water partition coefficient (Wildman–Crippen LogP) is 3.34. The van der Waals surface area contributed by atoms with Gasteiger partial charge in [-0.2, -0.15) is 12.6 Å². The third-order valence-electron chi connectivity index (χ3n) is 2.15. The molecule has 0 aliphatic heterocycles. The molecule has 0 radical (unpaired) electrons. The molecule has 0 heterocycles. The van der Waals surface area contributed by atoms with Crippen LogP contribution in [0.1, 0.15) is 25.3 Å². The number of thiol groups is 1. The highest BCUT2D eigenvalue weighted by Crippen LogP contribution is 2.12. The van der Waals surface area contributed by atoms with Gasteiger partial charge in [0.1, 0.15) is 5.75 Å². The van der Waals surface area contributed by atoms with Crippen LogP contribution in [0.25, 0.3) is 0 Å². The Hall–Kier alpha value is -0.630. The molecule has 0 aromatic heterocycles. The van der Waals surface area contributed by atoms with Gasteiger partial charge in [0.2, 0.25) is 0 Å². The first-order valence-corrected chi connectivity index (χ1v) is 5.82. The van der Waals surface area contributed by atoms with Gasteiger partial charge in [0.05, 0.1) is 6.61 Å². The zero-order valence-corrected chi connectivity index (χ0v) is 9.59. The second-order valence-electron chi connectivity index (χ2n) is 3.28. The summed E-state index contributed by atoms with van der Waals surface area (Å²) in [6, 6.07) is 8.32. The molecule has 78 valence electrons. The topological polar surface area (TPSA) is 9.23 Å². The molecular weight excluding hydrogens is 192 g/mol. The van der Waals surface area contributed by atoms with Crippen LogP contribution in [0.4, 0.5) is 0 Å². The minimum Gasteiger partial charge on any atom is -0.494 e. The maximum atomic E-state index is 5.57. The molecule has 0 saturated heterocycles. The van der Waals surface area contributed by atoms with Crippen molar-refractivity contribution in [2.75, 3.05) is 12.4 Å². The van der Waals surface area contributed by atoms with Gasteiger partial charge in [0.25, 0.3) is 0 Å². The maximum Gasteiger partial charge on any atom is 0.119 e. The van der Waals surface area contributed by atoms with Gasteiger partial charge < -0.3 is 4.74 Å². The van der Waals surface area contributed by atoms with Gasteiger partial charge in [-0.15, -0.1) is 0 Å². The Morgan fingerprint density at radius 1 is 1.14 bits per heavy atom. The summed E-state index contributed by atoms with van der Waals surface area (Å²) in [6.45, 7) is 2.95. The predicted molar refractivity (Wildman–Crippen MR) is 64.4 cm³/mol. The Bertz CT molecular complexity index is 243. The van der Waals surface area contributed by atoms with E-state index in [2.05, 4.69) is 31.7 Å². The largest absolute Gasteiger partial charge is 0.494 e. The Labute approximate surface area is 91.9 Å². The molecule has 0 spiro atoms. The van der Waals surface area contributed by atoms with E-state index in [4.69, 9.17) is 4.74 Å². The lowest BCUT2D eigenvalue weighted by Crippen LogP contribution is -1.97. The molecule has 0 N–H and O–H groups in total. The van der Waals surface area contributed by atoms with Gasteiger partial charge in [-0.05, 0) is 42.7 Å². The number of hydrogen-bond donors (Lipinski definition) is 1. The van der Waals surface area contributed by atoms with Crippen molar-refractivity contribution >= 4 is 12.6 Å². The van der Waals surface area contributed by atoms with E-state index in [1.165, 1.54) is 5.56 Å². The molecule has 0 atom stereocenters. The van der Waals surface area contributed by atoms with Gasteiger partial charge in [-0.3, -0.25) is 0 Å². The lowest BCUT2D eigenvalue weighted by Gasteiger charge is -2.05. The van der Waals surface area contributed by atoms with Crippen LogP contribution >= 0.6 is 12.6 Å². The van der Waals surface area contributed by atoms with Gasteiger partial charge >= 0.3 is 0 Å². The number of hydrogen-bond acceptors (Lipinski definition) is 2. The standard InChI is InChI=1S/C12H18OS/c1-2-11-5-7-12(8-6-11)13-9-3-4-10-14/h5-8,14H,2-4,9-10H2,1H3. The third-order valence-corrected chi connectivity index (χ3v) is 2.47. The molecule has 0 aliphatic rings. The molecule has 0 bridgehead atoms. The second-order valence-corrected chi connectivity index (χ2v) is 3.72. The highest BCUT2D eigenvalue weighted by Gasteiger charge is 1.93. The summed E-state index contributed by atoms with van der Waals surface area (Å²) in [5.74, 6) is 1.92. The highest BCUT2D eigenvalue weighted by molar-refractivity contribution is 7.80. The quantitative estimate of drug-likeness (QED) is 0.559. The zero-order valence-electron chi connectivity index (χ0n) is 8.70. The van der Waals surface area contributed by atoms with Crippen molar-refractivity contribution in [2.45, 2.75) is 26.2 Å². The van der Waals surface area contributed by atoms with Crippen molar-refractivity contribution in [3.8, 4) is 5.75 Å². The molecule has 1 rings (SSSR count). The summed E-state index contributed by atoms with van der Waals surface area (Å²) in [7, 11) is 0. The molecule has 2 heteroatoms. The van der Waals surface area contributed by atoms with E-state index in [9.17, 15) is 0 Å². The lowest BCUT2D eigenvalue weighted by molar-refractivity contribution is 0.310. The third kappa shape index (κ3) is 4.05. The van der Waals surface area contributed by atoms with Crippen molar-refractivity contribution in [2.24, 2.45) is 0 Å². The number of rotatable bonds is 6. The number of aryl methyl sites for hydroxylation is 1. The zero-order chi connectivity index (χ0) is 10.2. The summed E-state index contributed by atoms with van der Waals surface area (Å²) in [4.78, 5) is 0. The highest BCUT2D eigenvalue weighted by atomic mass is 32.1. The first-order chi connectivity index (χ1) is 6.86. The normalized spacial score (nSPS) is 10.1. The van der Waals surface area contributed by atoms with Crippen molar-refractivity contribution in [3.05, 3.63) is 29.8 Å². The lowest BCUT2D eigenvalue weighted by atomic mass is 10.2. The molecule has 0 saturated carbocycles. The van der Waals surface area contributed by atoms with Crippen molar-refractivity contribution in [3.63, 3.8) is 0 Å². The van der Waals surface area contributed by atoms with E-state index < -0.39 is 0 Å². The van der Waals surface area contributed by atoms with E-state index in [-0.39, 0.29) is 0 Å². The Morgan fingerprint density at radius 2 is 1.86 bits per heavy atom. The minimum absolute atomic E-state index is 0.798. The fourth-order valence-corrected chi connectivity index (χ4v) is 1.45. The summed E-state index contributed by atoms with van der Waals surface area (Å²) in [5.41, 5.74) is 1.35. The smallest absolute Gasteiger partial charge is 0.119 e. The van der Waals surface area contributed by atoms with Gasteiger partial charge in [0.15, 0.2) is 0 Å². The van der Waals surface area contributed by atoms with Gasteiger partial charge in [-0.25, -0.2) is 0 Å². The maximum absolute atomic E-state index is 5.57. The van der Waals surface area contributed by atoms with Crippen LogP contribution in [0.5, 0.6) is 5.75 Å². The molecule has 14 heavy (non-hydrogen) atoms. The molecule has 0 amide bonds. The molecule has 1 aromatic rings. The van der Waals surface area contributed by atoms with Crippen LogP contribution < -0.4 is 4.74 Å². The van der Waals surface area contributed by atoms with Crippen LogP contribution in [-0.4, -0.2) is 12.4 Å². The minimum atomic E-state index is 0.798. The average Bonchev–Trinajstić information content (AvgIpc) is 2.25. The van der Waals surface area contributed by atoms with Crippen LogP contribution in [0.15, 0.2) is 24.3 Å². The van der Waals surface area contributed by atoms with Gasteiger partial charge in [-0.1, -0.05) is 19.1 Å². The van der Waals surface area contributed by atoms with E-state index >= 15 is 0 Å². The second kappa shape index (κ2) is 6.77. The van der Waals surface area contributed by atoms with Crippen LogP contribution in [0.2, 0.25) is 0 Å². The first-order valence-electron chi connectivity index (χ1n) is 5.19. The summed E-state index contributed by atoms with van der Waals surface area (Å²) < 4.78 is 5.57. The van der Waals surface area contributed by atoms with E-state index in [0.717, 1.165) is 37.4 Å². The number of ether oxygens (including phenoxy) is 1. The fraction of sp³-hybridized carbons (Fsp3) is 0.500. The summed E-state index contributed by atoms with van der Waals surface area (Å²) in [6.07, 6.45) is 3.29. The van der Waals surface area contributed by atoms with Crippen molar-refractivity contribution in [1.82, 2.24) is 0 Å². The van der Waals surface area contributed by atoms with E-state index in [1.807, 2.05) is 12.1 Å². The Balaban J connectivity index is 2.29. The van der Waals surface area contributed by atoms with E-state index in [0.29, 0.717) is 0 Å². The molecule has 0 aliphatic carbocycles. The Morgan fingerprint density at radius 3 is 2.43 bits per heavy atom. The molecule has 0 fully saturated rings. The number of unbranched alkanes of at least 4 members (excludes halogenated alkanes) is 1. The molecular formula is C12H18OS. The summed E-state index contributed by atoms with van der Waals surface area (Å²) in [5, 5.41) is 0. The van der Waals surface area contributed by atoms with Crippen molar-refractivity contribution in [1.29, 1.82) is 0 Å². The fourth-order valence-electron chi connectivity index (χ4n) is 1.23. The van der Waals surface area contributed by atoms with Gasteiger partial charge in [0, 0.05) is 0 Å². The van der Waals surface area contributed by atoms with Crippen LogP contribution in [0.3, 0.4) is 0 Å². The van der Waals surface area contributed by atoms with E-state index in [1.54, 1.807) is 0 Å². The Kier molecular flexibility index (Phi) is 5.53. The monoisotopic (exact) mass is 210 g/mol. The van der Waals surface area contributed by atoms with Crippen molar-refractivity contribution < 1.29 is 4.74 Å². The van der Waals surface area contributed by atoms with Crippen LogP contribution in [-0.2, 0) is 6.42 Å². The number of benzene rings is 1. The SMILES string of the molecule is CCc1ccc(OCCCCS)cc1. The van der Waals surface area contributed by atoms with Crippen LogP contribution in [0, 0.1) is 0 Å². The summed E-state index contributed by atoms with van der Waals surface area (Å²) >= 11 is 4.15. The molecule has 1 nitrogen and oxygen atoms in total. The average molecular weight is 210 g/mol. The first kappa shape index (κ1) is 11.4. The molecule has 0 unspecified atom stereocenters. The molecule has 1 aromatic carbocycles.